The van der Waals surface area contributed by atoms with E-state index in [9.17, 15) is 39.6 Å². The van der Waals surface area contributed by atoms with Crippen LogP contribution in [0.15, 0.2) is 72.8 Å². The molecule has 4 aromatic carbocycles. The van der Waals surface area contributed by atoms with E-state index >= 15 is 0 Å². The monoisotopic (exact) mass is 770 g/mol. The molecule has 0 fully saturated rings. The molecule has 0 unspecified atom stereocenters. The van der Waals surface area contributed by atoms with Crippen molar-refractivity contribution in [2.45, 2.75) is 0 Å². The molecular weight excluding hydrogens is 751 g/mol. The molecule has 3 aromatic heterocycles. The van der Waals surface area contributed by atoms with Crippen molar-refractivity contribution >= 4 is 97.6 Å². The molecule has 2 aliphatic heterocycles. The van der Waals surface area contributed by atoms with Gasteiger partial charge >= 0.3 is 53.4 Å². The molecule has 0 aliphatic carbocycles. The summed E-state index contributed by atoms with van der Waals surface area (Å²) in [4.78, 5) is 85.4. The minimum atomic E-state index is -1.98. The number of carboxylic acids is 4. The summed E-state index contributed by atoms with van der Waals surface area (Å²) in [5.74, 6) is -7.17. The van der Waals surface area contributed by atoms with Crippen LogP contribution in [0, 0.1) is 0 Å². The van der Waals surface area contributed by atoms with E-state index in [1.807, 2.05) is 24.3 Å². The molecular formula is C36H19FeN8NaO8. The number of aromatic carboxylic acids is 4. The van der Waals surface area contributed by atoms with Gasteiger partial charge in [0.1, 0.15) is 22.6 Å². The molecule has 2 aliphatic rings. The van der Waals surface area contributed by atoms with Crippen molar-refractivity contribution in [3.05, 3.63) is 95.1 Å². The first kappa shape index (κ1) is 36.0. The second kappa shape index (κ2) is 13.2. The third kappa shape index (κ3) is 5.33. The molecule has 54 heavy (non-hydrogen) atoms. The van der Waals surface area contributed by atoms with Gasteiger partial charge in [-0.25, -0.2) is 49.1 Å². The van der Waals surface area contributed by atoms with Crippen LogP contribution in [-0.4, -0.2) is 114 Å². The molecule has 260 valence electrons. The van der Waals surface area contributed by atoms with Gasteiger partial charge in [0, 0.05) is 60.9 Å². The molecule has 0 amide bonds. The molecule has 8 bridgehead atoms. The summed E-state index contributed by atoms with van der Waals surface area (Å²) in [6.45, 7) is 0. The van der Waals surface area contributed by atoms with Crippen molar-refractivity contribution in [1.29, 1.82) is 0 Å². The number of benzene rings is 4. The molecule has 5 heterocycles. The number of aromatic amines is 2. The molecule has 0 atom stereocenters. The standard InChI is InChI=1S/C36H18N8O8.Fe.Na.H/c45-33(46)21-19-20(22(34(47)48)24(36(51)52)23(21)35(49)50)32-43-30-18-12-6-4-10-16(18)28(41-30)39-26-14-8-2-1-7-13(14)25(37-26)38-27-15-9-3-5-11-17(15)29(40-27)42-31(19)44-32;;;/h1-12H,(H,45,46)(H,47,48)(H,49,50)(H,51,52)(H2,37,38,39,40,41,42,43,44);;;. The predicted molar refractivity (Wildman–Crippen MR) is 191 cm³/mol. The number of carbonyl (C=O) groups is 4. The average Bonchev–Trinajstić information content (AvgIpc) is 3.86. The summed E-state index contributed by atoms with van der Waals surface area (Å²) in [6.07, 6.45) is 0. The third-order valence-corrected chi connectivity index (χ3v) is 8.85. The number of carboxylic acid groups (broad SMARTS) is 4. The number of fused-ring (bicyclic) bond motifs is 20. The molecule has 6 N–H and O–H groups in total. The van der Waals surface area contributed by atoms with Gasteiger partial charge in [0.05, 0.1) is 22.3 Å². The molecule has 0 spiro atoms. The summed E-state index contributed by atoms with van der Waals surface area (Å²) >= 11 is 0. The predicted octanol–water partition coefficient (Wildman–Crippen LogP) is 5.01. The molecule has 0 radical (unpaired) electrons. The van der Waals surface area contributed by atoms with Gasteiger partial charge in [0.2, 0.25) is 0 Å². The van der Waals surface area contributed by atoms with Crippen LogP contribution in [0.4, 0.5) is 0 Å². The van der Waals surface area contributed by atoms with Crippen molar-refractivity contribution in [3.8, 4) is 45.6 Å². The quantitative estimate of drug-likeness (QED) is 0.129. The first-order chi connectivity index (χ1) is 25.1. The van der Waals surface area contributed by atoms with E-state index in [2.05, 4.69) is 29.9 Å². The van der Waals surface area contributed by atoms with Crippen LogP contribution >= 0.6 is 0 Å². The van der Waals surface area contributed by atoms with E-state index < -0.39 is 56.9 Å². The summed E-state index contributed by atoms with van der Waals surface area (Å²) in [7, 11) is 0. The summed E-state index contributed by atoms with van der Waals surface area (Å²) < 4.78 is 0. The Morgan fingerprint density at radius 3 is 1.00 bits per heavy atom. The Balaban J connectivity index is 0.00000225. The molecule has 9 rings (SSSR count). The average molecular weight is 770 g/mol. The maximum absolute atomic E-state index is 12.9. The van der Waals surface area contributed by atoms with Crippen molar-refractivity contribution in [2.75, 3.05) is 0 Å². The van der Waals surface area contributed by atoms with Crippen LogP contribution in [0.25, 0.3) is 89.7 Å². The van der Waals surface area contributed by atoms with Gasteiger partial charge in [-0.1, -0.05) is 72.8 Å². The molecule has 7 aromatic rings. The molecule has 18 heteroatoms. The Hall–Kier alpha value is -6.36. The van der Waals surface area contributed by atoms with Crippen LogP contribution < -0.4 is 0 Å². The van der Waals surface area contributed by atoms with E-state index in [-0.39, 0.29) is 81.2 Å². The van der Waals surface area contributed by atoms with Gasteiger partial charge in [-0.15, -0.1) is 0 Å². The zero-order chi connectivity index (χ0) is 36.0. The summed E-state index contributed by atoms with van der Waals surface area (Å²) in [5.41, 5.74) is -2.31. The number of hydrogen-bond donors (Lipinski definition) is 6. The Morgan fingerprint density at radius 2 is 0.685 bits per heavy atom. The van der Waals surface area contributed by atoms with Crippen LogP contribution in [0.1, 0.15) is 41.4 Å². The Labute approximate surface area is 332 Å². The van der Waals surface area contributed by atoms with E-state index in [0.717, 1.165) is 10.8 Å². The van der Waals surface area contributed by atoms with Crippen LogP contribution in [0.3, 0.4) is 0 Å². The van der Waals surface area contributed by atoms with Crippen molar-refractivity contribution in [2.24, 2.45) is 0 Å². The topological polar surface area (TPSA) is 258 Å². The number of nitrogens with zero attached hydrogens (tertiary/aromatic N) is 6. The van der Waals surface area contributed by atoms with Crippen molar-refractivity contribution in [1.82, 2.24) is 39.9 Å². The minimum absolute atomic E-state index is 0. The molecule has 0 saturated heterocycles. The van der Waals surface area contributed by atoms with Gasteiger partial charge in [-0.3, -0.25) is 0 Å². The van der Waals surface area contributed by atoms with Crippen molar-refractivity contribution < 1.29 is 56.7 Å². The van der Waals surface area contributed by atoms with Crippen molar-refractivity contribution in [3.63, 3.8) is 0 Å². The Bertz CT molecular complexity index is 2820. The number of aromatic nitrogens is 8. The second-order valence-electron chi connectivity index (χ2n) is 11.7. The van der Waals surface area contributed by atoms with Gasteiger partial charge in [0.15, 0.2) is 23.3 Å². The fourth-order valence-corrected chi connectivity index (χ4v) is 6.76. The Morgan fingerprint density at radius 1 is 0.407 bits per heavy atom. The molecule has 16 nitrogen and oxygen atoms in total. The molecule has 0 saturated carbocycles. The fourth-order valence-electron chi connectivity index (χ4n) is 6.76. The van der Waals surface area contributed by atoms with Gasteiger partial charge < -0.3 is 30.4 Å². The number of hydrogen-bond acceptors (Lipinski definition) is 10. The third-order valence-electron chi connectivity index (χ3n) is 8.85. The normalized spacial score (nSPS) is 11.3. The van der Waals surface area contributed by atoms with E-state index in [0.29, 0.717) is 33.5 Å². The Kier molecular flexibility index (Phi) is 8.83. The van der Waals surface area contributed by atoms with Crippen LogP contribution in [-0.2, 0) is 17.1 Å². The summed E-state index contributed by atoms with van der Waals surface area (Å²) in [5, 5.41) is 41.7. The maximum atomic E-state index is 12.9. The van der Waals surface area contributed by atoms with Gasteiger partial charge in [0.25, 0.3) is 0 Å². The fraction of sp³-hybridized carbons (Fsp3) is 0. The van der Waals surface area contributed by atoms with Gasteiger partial charge in [-0.2, -0.15) is 0 Å². The zero-order valence-corrected chi connectivity index (χ0v) is 27.5. The van der Waals surface area contributed by atoms with E-state index in [1.54, 1.807) is 48.5 Å². The SMILES string of the molecule is O=C(O)c1c(C(=O)O)c(C(=O)O)c2c3nc4nc(nc5[nH]c(nc6nc(nc([nH]3)c2c1C(=O)O)-c1ccccc1-6)c1ccccc51)-c1ccccc1-4.[Fe].[NaH]. The van der Waals surface area contributed by atoms with Crippen LogP contribution in [0.2, 0.25) is 0 Å². The number of H-pyrrole nitrogens is 2. The first-order valence-corrected chi connectivity index (χ1v) is 15.4. The van der Waals surface area contributed by atoms with E-state index in [4.69, 9.17) is 9.97 Å². The number of nitrogens with one attached hydrogen (secondary N) is 2. The zero-order valence-electron chi connectivity index (χ0n) is 26.4. The van der Waals surface area contributed by atoms with Gasteiger partial charge in [-0.05, 0) is 0 Å². The first-order valence-electron chi connectivity index (χ1n) is 15.4. The number of rotatable bonds is 4. The summed E-state index contributed by atoms with van der Waals surface area (Å²) in [6, 6.07) is 21.3. The van der Waals surface area contributed by atoms with E-state index in [1.165, 1.54) is 0 Å². The van der Waals surface area contributed by atoms with Crippen LogP contribution in [0.5, 0.6) is 0 Å². The second-order valence-corrected chi connectivity index (χ2v) is 11.7.